The van der Waals surface area contributed by atoms with Crippen molar-refractivity contribution in [3.63, 3.8) is 0 Å². The van der Waals surface area contributed by atoms with Gasteiger partial charge in [-0.05, 0) is 24.8 Å². The summed E-state index contributed by atoms with van der Waals surface area (Å²) in [6.07, 6.45) is 5.78. The minimum Gasteiger partial charge on any atom is -0.352 e. The standard InChI is InChI=1S/C15H22N2O/c16-13-8-4-5-9-14(13)17-15(18)11-10-12-6-2-1-3-7-12/h1-3,6-7,13-14H,4-5,8-11,16H2,(H,17,18). The van der Waals surface area contributed by atoms with E-state index in [1.165, 1.54) is 18.4 Å². The summed E-state index contributed by atoms with van der Waals surface area (Å²) in [5, 5.41) is 3.07. The van der Waals surface area contributed by atoms with Gasteiger partial charge in [-0.2, -0.15) is 0 Å². The van der Waals surface area contributed by atoms with E-state index in [1.807, 2.05) is 18.2 Å². The summed E-state index contributed by atoms with van der Waals surface area (Å²) in [5.74, 6) is 0.126. The lowest BCUT2D eigenvalue weighted by Crippen LogP contribution is -2.49. The van der Waals surface area contributed by atoms with E-state index in [0.717, 1.165) is 19.3 Å². The van der Waals surface area contributed by atoms with Crippen molar-refractivity contribution < 1.29 is 4.79 Å². The summed E-state index contributed by atoms with van der Waals surface area (Å²) < 4.78 is 0. The molecule has 0 spiro atoms. The summed E-state index contributed by atoms with van der Waals surface area (Å²) in [6.45, 7) is 0. The molecule has 0 saturated heterocycles. The Morgan fingerprint density at radius 2 is 1.94 bits per heavy atom. The second-order valence-corrected chi connectivity index (χ2v) is 5.11. The summed E-state index contributed by atoms with van der Waals surface area (Å²) in [4.78, 5) is 11.9. The third kappa shape index (κ3) is 3.84. The number of aryl methyl sites for hydroxylation is 1. The van der Waals surface area contributed by atoms with E-state index in [1.54, 1.807) is 0 Å². The molecule has 0 radical (unpaired) electrons. The molecule has 1 aromatic rings. The van der Waals surface area contributed by atoms with Crippen LogP contribution in [0.1, 0.15) is 37.7 Å². The Kier molecular flexibility index (Phi) is 4.76. The quantitative estimate of drug-likeness (QED) is 0.854. The molecule has 1 aromatic carbocycles. The van der Waals surface area contributed by atoms with E-state index < -0.39 is 0 Å². The van der Waals surface area contributed by atoms with Gasteiger partial charge in [0, 0.05) is 18.5 Å². The minimum atomic E-state index is 0.126. The van der Waals surface area contributed by atoms with Crippen LogP contribution < -0.4 is 11.1 Å². The number of carbonyl (C=O) groups excluding carboxylic acids is 1. The van der Waals surface area contributed by atoms with E-state index in [9.17, 15) is 4.79 Å². The molecule has 3 N–H and O–H groups in total. The van der Waals surface area contributed by atoms with Gasteiger partial charge in [0.25, 0.3) is 0 Å². The molecule has 0 aromatic heterocycles. The van der Waals surface area contributed by atoms with Gasteiger partial charge >= 0.3 is 0 Å². The van der Waals surface area contributed by atoms with Gasteiger partial charge in [-0.1, -0.05) is 43.2 Å². The molecule has 0 bridgehead atoms. The summed E-state index contributed by atoms with van der Waals surface area (Å²) in [6, 6.07) is 10.4. The van der Waals surface area contributed by atoms with E-state index in [0.29, 0.717) is 6.42 Å². The van der Waals surface area contributed by atoms with Crippen molar-refractivity contribution in [3.8, 4) is 0 Å². The van der Waals surface area contributed by atoms with Crippen LogP contribution in [-0.2, 0) is 11.2 Å². The first kappa shape index (κ1) is 13.1. The maximum absolute atomic E-state index is 11.9. The smallest absolute Gasteiger partial charge is 0.220 e. The molecular weight excluding hydrogens is 224 g/mol. The molecule has 98 valence electrons. The van der Waals surface area contributed by atoms with Crippen LogP contribution in [0.4, 0.5) is 0 Å². The molecule has 2 atom stereocenters. The van der Waals surface area contributed by atoms with Crippen LogP contribution in [0.5, 0.6) is 0 Å². The zero-order chi connectivity index (χ0) is 12.8. The van der Waals surface area contributed by atoms with Crippen LogP contribution in [0.15, 0.2) is 30.3 Å². The molecule has 18 heavy (non-hydrogen) atoms. The maximum Gasteiger partial charge on any atom is 0.220 e. The molecule has 1 aliphatic carbocycles. The van der Waals surface area contributed by atoms with Crippen LogP contribution in [-0.4, -0.2) is 18.0 Å². The van der Waals surface area contributed by atoms with Crippen LogP contribution in [0.2, 0.25) is 0 Å². The zero-order valence-electron chi connectivity index (χ0n) is 10.8. The molecule has 2 rings (SSSR count). The maximum atomic E-state index is 11.9. The number of hydrogen-bond donors (Lipinski definition) is 2. The van der Waals surface area contributed by atoms with Gasteiger partial charge in [-0.15, -0.1) is 0 Å². The number of rotatable bonds is 4. The van der Waals surface area contributed by atoms with Gasteiger partial charge in [0.2, 0.25) is 5.91 Å². The second kappa shape index (κ2) is 6.55. The molecule has 1 amide bonds. The number of carbonyl (C=O) groups is 1. The lowest BCUT2D eigenvalue weighted by atomic mass is 9.91. The van der Waals surface area contributed by atoms with Gasteiger partial charge in [0.1, 0.15) is 0 Å². The minimum absolute atomic E-state index is 0.126. The molecule has 0 heterocycles. The summed E-state index contributed by atoms with van der Waals surface area (Å²) in [7, 11) is 0. The predicted molar refractivity (Wildman–Crippen MR) is 73.1 cm³/mol. The predicted octanol–water partition coefficient (Wildman–Crippen LogP) is 2.01. The van der Waals surface area contributed by atoms with Crippen molar-refractivity contribution in [2.24, 2.45) is 5.73 Å². The third-order valence-corrected chi connectivity index (χ3v) is 3.65. The first-order valence-corrected chi connectivity index (χ1v) is 6.84. The molecule has 0 aliphatic heterocycles. The van der Waals surface area contributed by atoms with Gasteiger partial charge < -0.3 is 11.1 Å². The number of amides is 1. The third-order valence-electron chi connectivity index (χ3n) is 3.65. The largest absolute Gasteiger partial charge is 0.352 e. The van der Waals surface area contributed by atoms with Crippen molar-refractivity contribution in [3.05, 3.63) is 35.9 Å². The van der Waals surface area contributed by atoms with E-state index in [4.69, 9.17) is 5.73 Å². The van der Waals surface area contributed by atoms with Crippen molar-refractivity contribution in [2.45, 2.75) is 50.6 Å². The molecule has 1 saturated carbocycles. The first-order valence-electron chi connectivity index (χ1n) is 6.84. The molecule has 1 aliphatic rings. The van der Waals surface area contributed by atoms with E-state index in [2.05, 4.69) is 17.4 Å². The summed E-state index contributed by atoms with van der Waals surface area (Å²) in [5.41, 5.74) is 7.23. The highest BCUT2D eigenvalue weighted by atomic mass is 16.1. The van der Waals surface area contributed by atoms with Crippen molar-refractivity contribution in [2.75, 3.05) is 0 Å². The fraction of sp³-hybridized carbons (Fsp3) is 0.533. The van der Waals surface area contributed by atoms with Crippen LogP contribution in [0, 0.1) is 0 Å². The van der Waals surface area contributed by atoms with Gasteiger partial charge in [-0.25, -0.2) is 0 Å². The van der Waals surface area contributed by atoms with Gasteiger partial charge in [0.15, 0.2) is 0 Å². The lowest BCUT2D eigenvalue weighted by Gasteiger charge is -2.29. The highest BCUT2D eigenvalue weighted by Crippen LogP contribution is 2.17. The highest BCUT2D eigenvalue weighted by molar-refractivity contribution is 5.76. The summed E-state index contributed by atoms with van der Waals surface area (Å²) >= 11 is 0. The molecule has 3 heteroatoms. The first-order chi connectivity index (χ1) is 8.75. The fourth-order valence-electron chi connectivity index (χ4n) is 2.52. The lowest BCUT2D eigenvalue weighted by molar-refractivity contribution is -0.122. The molecule has 1 fully saturated rings. The number of nitrogens with one attached hydrogen (secondary N) is 1. The normalized spacial score (nSPS) is 23.6. The van der Waals surface area contributed by atoms with Crippen LogP contribution >= 0.6 is 0 Å². The Labute approximate surface area is 109 Å². The monoisotopic (exact) mass is 246 g/mol. The van der Waals surface area contributed by atoms with E-state index in [-0.39, 0.29) is 18.0 Å². The van der Waals surface area contributed by atoms with Gasteiger partial charge in [-0.3, -0.25) is 4.79 Å². The Hall–Kier alpha value is -1.35. The van der Waals surface area contributed by atoms with Crippen molar-refractivity contribution in [1.29, 1.82) is 0 Å². The topological polar surface area (TPSA) is 55.1 Å². The number of hydrogen-bond acceptors (Lipinski definition) is 2. The number of nitrogens with two attached hydrogens (primary N) is 1. The van der Waals surface area contributed by atoms with Crippen LogP contribution in [0.3, 0.4) is 0 Å². The Morgan fingerprint density at radius 1 is 1.22 bits per heavy atom. The molecular formula is C15H22N2O. The molecule has 2 unspecified atom stereocenters. The second-order valence-electron chi connectivity index (χ2n) is 5.11. The molecule has 3 nitrogen and oxygen atoms in total. The Balaban J connectivity index is 1.75. The fourth-order valence-corrected chi connectivity index (χ4v) is 2.52. The SMILES string of the molecule is NC1CCCCC1NC(=O)CCc1ccccc1. The van der Waals surface area contributed by atoms with Crippen molar-refractivity contribution in [1.82, 2.24) is 5.32 Å². The van der Waals surface area contributed by atoms with Crippen LogP contribution in [0.25, 0.3) is 0 Å². The van der Waals surface area contributed by atoms with Gasteiger partial charge in [0.05, 0.1) is 0 Å². The highest BCUT2D eigenvalue weighted by Gasteiger charge is 2.22. The Bertz CT molecular complexity index is 377. The Morgan fingerprint density at radius 3 is 2.67 bits per heavy atom. The average Bonchev–Trinajstić information content (AvgIpc) is 2.40. The van der Waals surface area contributed by atoms with E-state index >= 15 is 0 Å². The zero-order valence-corrected chi connectivity index (χ0v) is 10.8. The average molecular weight is 246 g/mol. The number of benzene rings is 1. The van der Waals surface area contributed by atoms with Crippen molar-refractivity contribution >= 4 is 5.91 Å².